The van der Waals surface area contributed by atoms with E-state index in [0.29, 0.717) is 5.56 Å². The Morgan fingerprint density at radius 1 is 1.00 bits per heavy atom. The van der Waals surface area contributed by atoms with E-state index in [0.717, 1.165) is 51.4 Å². The SMILES string of the molecule is CCN(CC)C(=O)[C@H](c1ccccc1)N1CCN(Cc2ccc(C#N)cc2)CC1. The Labute approximate surface area is 174 Å². The summed E-state index contributed by atoms with van der Waals surface area (Å²) < 4.78 is 0. The third kappa shape index (κ3) is 5.23. The van der Waals surface area contributed by atoms with Gasteiger partial charge in [-0.2, -0.15) is 5.26 Å². The molecule has 1 saturated heterocycles. The Bertz CT molecular complexity index is 816. The normalized spacial score (nSPS) is 16.2. The number of nitriles is 1. The minimum atomic E-state index is -0.215. The van der Waals surface area contributed by atoms with Crippen LogP contribution in [-0.4, -0.2) is 59.9 Å². The van der Waals surface area contributed by atoms with Crippen molar-refractivity contribution in [2.75, 3.05) is 39.3 Å². The lowest BCUT2D eigenvalue weighted by Gasteiger charge is -2.40. The van der Waals surface area contributed by atoms with Crippen molar-refractivity contribution < 1.29 is 4.79 Å². The van der Waals surface area contributed by atoms with Crippen LogP contribution in [0.4, 0.5) is 0 Å². The van der Waals surface area contributed by atoms with Crippen molar-refractivity contribution in [1.82, 2.24) is 14.7 Å². The van der Waals surface area contributed by atoms with Crippen LogP contribution in [0, 0.1) is 11.3 Å². The molecule has 5 heteroatoms. The average Bonchev–Trinajstić information content (AvgIpc) is 2.77. The van der Waals surface area contributed by atoms with E-state index < -0.39 is 0 Å². The molecular formula is C24H30N4O. The van der Waals surface area contributed by atoms with E-state index in [4.69, 9.17) is 5.26 Å². The molecular weight excluding hydrogens is 360 g/mol. The minimum Gasteiger partial charge on any atom is -0.342 e. The summed E-state index contributed by atoms with van der Waals surface area (Å²) in [4.78, 5) is 20.0. The highest BCUT2D eigenvalue weighted by Gasteiger charge is 2.32. The maximum absolute atomic E-state index is 13.3. The van der Waals surface area contributed by atoms with E-state index >= 15 is 0 Å². The molecule has 29 heavy (non-hydrogen) atoms. The van der Waals surface area contributed by atoms with Crippen LogP contribution in [0.25, 0.3) is 0 Å². The Morgan fingerprint density at radius 3 is 2.17 bits per heavy atom. The summed E-state index contributed by atoms with van der Waals surface area (Å²) in [6, 6.07) is 19.9. The molecule has 1 atom stereocenters. The van der Waals surface area contributed by atoms with Crippen molar-refractivity contribution in [1.29, 1.82) is 5.26 Å². The standard InChI is InChI=1S/C24H30N4O/c1-3-27(4-2)24(29)23(22-8-6-5-7-9-22)28-16-14-26(15-17-28)19-21-12-10-20(18-25)11-13-21/h5-13,23H,3-4,14-17,19H2,1-2H3/t23-/m0/s1. The van der Waals surface area contributed by atoms with Gasteiger partial charge in [-0.05, 0) is 37.1 Å². The van der Waals surface area contributed by atoms with Gasteiger partial charge in [0.15, 0.2) is 0 Å². The highest BCUT2D eigenvalue weighted by atomic mass is 16.2. The van der Waals surface area contributed by atoms with Gasteiger partial charge in [-0.25, -0.2) is 0 Å². The van der Waals surface area contributed by atoms with Gasteiger partial charge >= 0.3 is 0 Å². The number of piperazine rings is 1. The predicted molar refractivity (Wildman–Crippen MR) is 115 cm³/mol. The van der Waals surface area contributed by atoms with Gasteiger partial charge in [-0.1, -0.05) is 42.5 Å². The number of nitrogens with zero attached hydrogens (tertiary/aromatic N) is 4. The number of carbonyl (C=O) groups is 1. The number of amides is 1. The topological polar surface area (TPSA) is 50.6 Å². The molecule has 1 fully saturated rings. The minimum absolute atomic E-state index is 0.196. The molecule has 5 nitrogen and oxygen atoms in total. The summed E-state index contributed by atoms with van der Waals surface area (Å²) in [6.45, 7) is 10.0. The van der Waals surface area contributed by atoms with Crippen molar-refractivity contribution >= 4 is 5.91 Å². The van der Waals surface area contributed by atoms with E-state index in [1.54, 1.807) is 0 Å². The molecule has 1 aliphatic rings. The van der Waals surface area contributed by atoms with Crippen LogP contribution in [0.3, 0.4) is 0 Å². The molecule has 1 amide bonds. The van der Waals surface area contributed by atoms with Crippen molar-refractivity contribution in [3.63, 3.8) is 0 Å². The number of benzene rings is 2. The second kappa shape index (κ2) is 10.2. The smallest absolute Gasteiger partial charge is 0.244 e. The molecule has 0 N–H and O–H groups in total. The van der Waals surface area contributed by atoms with Gasteiger partial charge in [0.25, 0.3) is 0 Å². The van der Waals surface area contributed by atoms with Gasteiger partial charge in [0.05, 0.1) is 11.6 Å². The molecule has 0 radical (unpaired) electrons. The van der Waals surface area contributed by atoms with E-state index in [1.807, 2.05) is 61.2 Å². The number of likely N-dealkylation sites (N-methyl/N-ethyl adjacent to an activating group) is 1. The third-order valence-electron chi connectivity index (χ3n) is 5.69. The molecule has 0 unspecified atom stereocenters. The molecule has 152 valence electrons. The molecule has 2 aromatic rings. The first kappa shape index (κ1) is 21.0. The molecule has 0 bridgehead atoms. The number of carbonyl (C=O) groups excluding carboxylic acids is 1. The second-order valence-electron chi connectivity index (χ2n) is 7.44. The number of hydrogen-bond donors (Lipinski definition) is 0. The lowest BCUT2D eigenvalue weighted by atomic mass is 10.0. The predicted octanol–water partition coefficient (Wildman–Crippen LogP) is 3.29. The maximum Gasteiger partial charge on any atom is 0.244 e. The maximum atomic E-state index is 13.3. The van der Waals surface area contributed by atoms with Crippen molar-refractivity contribution in [2.24, 2.45) is 0 Å². The highest BCUT2D eigenvalue weighted by molar-refractivity contribution is 5.83. The quantitative estimate of drug-likeness (QED) is 0.728. The van der Waals surface area contributed by atoms with Gasteiger partial charge in [-0.3, -0.25) is 14.6 Å². The van der Waals surface area contributed by atoms with E-state index in [9.17, 15) is 4.79 Å². The van der Waals surface area contributed by atoms with Crippen LogP contribution in [0.5, 0.6) is 0 Å². The van der Waals surface area contributed by atoms with Gasteiger partial charge in [-0.15, -0.1) is 0 Å². The summed E-state index contributed by atoms with van der Waals surface area (Å²) in [6.07, 6.45) is 0. The fraction of sp³-hybridized carbons (Fsp3) is 0.417. The highest BCUT2D eigenvalue weighted by Crippen LogP contribution is 2.25. The van der Waals surface area contributed by atoms with Crippen molar-refractivity contribution in [3.05, 3.63) is 71.3 Å². The molecule has 2 aromatic carbocycles. The van der Waals surface area contributed by atoms with E-state index in [-0.39, 0.29) is 11.9 Å². The lowest BCUT2D eigenvalue weighted by molar-refractivity contribution is -0.137. The van der Waals surface area contributed by atoms with Crippen LogP contribution in [0.15, 0.2) is 54.6 Å². The van der Waals surface area contributed by atoms with Crippen LogP contribution < -0.4 is 0 Å². The zero-order valence-corrected chi connectivity index (χ0v) is 17.4. The fourth-order valence-corrected chi connectivity index (χ4v) is 3.98. The summed E-state index contributed by atoms with van der Waals surface area (Å²) >= 11 is 0. The van der Waals surface area contributed by atoms with Gasteiger partial charge < -0.3 is 4.90 Å². The number of hydrogen-bond acceptors (Lipinski definition) is 4. The fourth-order valence-electron chi connectivity index (χ4n) is 3.98. The van der Waals surface area contributed by atoms with Crippen LogP contribution in [-0.2, 0) is 11.3 Å². The first-order chi connectivity index (χ1) is 14.2. The van der Waals surface area contributed by atoms with Gasteiger partial charge in [0, 0.05) is 45.8 Å². The molecule has 1 aliphatic heterocycles. The second-order valence-corrected chi connectivity index (χ2v) is 7.44. The lowest BCUT2D eigenvalue weighted by Crippen LogP contribution is -2.51. The summed E-state index contributed by atoms with van der Waals surface area (Å²) in [5.41, 5.74) is 2.99. The number of rotatable bonds is 7. The summed E-state index contributed by atoms with van der Waals surface area (Å²) in [5, 5.41) is 8.95. The molecule has 0 aliphatic carbocycles. The Balaban J connectivity index is 1.68. The molecule has 1 heterocycles. The van der Waals surface area contributed by atoms with Crippen molar-refractivity contribution in [2.45, 2.75) is 26.4 Å². The van der Waals surface area contributed by atoms with Crippen molar-refractivity contribution in [3.8, 4) is 6.07 Å². The van der Waals surface area contributed by atoms with Gasteiger partial charge in [0.1, 0.15) is 6.04 Å². The van der Waals surface area contributed by atoms with E-state index in [2.05, 4.69) is 28.0 Å². The molecule has 0 saturated carbocycles. The first-order valence-electron chi connectivity index (χ1n) is 10.5. The summed E-state index contributed by atoms with van der Waals surface area (Å²) in [5.74, 6) is 0.196. The molecule has 0 aromatic heterocycles. The van der Waals surface area contributed by atoms with Crippen LogP contribution >= 0.6 is 0 Å². The first-order valence-corrected chi connectivity index (χ1v) is 10.5. The summed E-state index contributed by atoms with van der Waals surface area (Å²) in [7, 11) is 0. The molecule has 3 rings (SSSR count). The van der Waals surface area contributed by atoms with E-state index in [1.165, 1.54) is 5.56 Å². The average molecular weight is 391 g/mol. The Hall–Kier alpha value is -2.68. The zero-order chi connectivity index (χ0) is 20.6. The third-order valence-corrected chi connectivity index (χ3v) is 5.69. The monoisotopic (exact) mass is 390 g/mol. The Morgan fingerprint density at radius 2 is 1.62 bits per heavy atom. The molecule has 0 spiro atoms. The largest absolute Gasteiger partial charge is 0.342 e. The zero-order valence-electron chi connectivity index (χ0n) is 17.4. The van der Waals surface area contributed by atoms with Crippen LogP contribution in [0.2, 0.25) is 0 Å². The Kier molecular flexibility index (Phi) is 7.40. The van der Waals surface area contributed by atoms with Crippen LogP contribution in [0.1, 0.15) is 36.6 Å². The van der Waals surface area contributed by atoms with Gasteiger partial charge in [0.2, 0.25) is 5.91 Å².